The van der Waals surface area contributed by atoms with E-state index >= 15 is 0 Å². The van der Waals surface area contributed by atoms with E-state index in [2.05, 4.69) is 0 Å². The number of hydrogen-bond acceptors (Lipinski definition) is 3. The fourth-order valence-electron chi connectivity index (χ4n) is 1.67. The van der Waals surface area contributed by atoms with E-state index in [0.29, 0.717) is 12.0 Å². The van der Waals surface area contributed by atoms with Crippen LogP contribution in [0, 0.1) is 6.92 Å². The van der Waals surface area contributed by atoms with E-state index in [0.717, 1.165) is 22.4 Å². The lowest BCUT2D eigenvalue weighted by Gasteiger charge is -2.08. The molecule has 3 nitrogen and oxygen atoms in total. The van der Waals surface area contributed by atoms with Gasteiger partial charge in [-0.15, -0.1) is 0 Å². The van der Waals surface area contributed by atoms with E-state index in [9.17, 15) is 4.79 Å². The Hall–Kier alpha value is -2.03. The summed E-state index contributed by atoms with van der Waals surface area (Å²) in [6, 6.07) is 7.58. The molecule has 2 rings (SSSR count). The zero-order chi connectivity index (χ0) is 11.5. The van der Waals surface area contributed by atoms with E-state index < -0.39 is 0 Å². The quantitative estimate of drug-likeness (QED) is 0.740. The number of rotatable bonds is 3. The van der Waals surface area contributed by atoms with Crippen LogP contribution in [0.25, 0.3) is 11.1 Å². The maximum absolute atomic E-state index is 10.8. The molecule has 0 saturated carbocycles. The van der Waals surface area contributed by atoms with Gasteiger partial charge in [-0.2, -0.15) is 0 Å². The van der Waals surface area contributed by atoms with Gasteiger partial charge in [0.15, 0.2) is 12.0 Å². The first-order valence-electron chi connectivity index (χ1n) is 4.94. The van der Waals surface area contributed by atoms with E-state index in [1.54, 1.807) is 13.2 Å². The number of carbonyl (C=O) groups excluding carboxylic acids is 1. The van der Waals surface area contributed by atoms with Crippen LogP contribution in [0.4, 0.5) is 0 Å². The van der Waals surface area contributed by atoms with E-state index in [1.165, 1.54) is 6.26 Å². The molecule has 0 fully saturated rings. The molecular formula is C13H12O3. The zero-order valence-electron chi connectivity index (χ0n) is 9.19. The van der Waals surface area contributed by atoms with Crippen molar-refractivity contribution in [3.05, 3.63) is 41.9 Å². The lowest BCUT2D eigenvalue weighted by Crippen LogP contribution is -1.90. The van der Waals surface area contributed by atoms with Crippen LogP contribution in [0.2, 0.25) is 0 Å². The first-order chi connectivity index (χ1) is 7.76. The van der Waals surface area contributed by atoms with Crippen LogP contribution >= 0.6 is 0 Å². The van der Waals surface area contributed by atoms with Crippen molar-refractivity contribution in [3.8, 4) is 16.9 Å². The maximum atomic E-state index is 10.8. The Morgan fingerprint density at radius 2 is 2.06 bits per heavy atom. The first kappa shape index (κ1) is 10.5. The number of aryl methyl sites for hydroxylation is 1. The Balaban J connectivity index is 2.62. The molecule has 3 heteroatoms. The van der Waals surface area contributed by atoms with Crippen molar-refractivity contribution in [2.75, 3.05) is 7.11 Å². The van der Waals surface area contributed by atoms with Gasteiger partial charge < -0.3 is 9.15 Å². The first-order valence-corrected chi connectivity index (χ1v) is 4.94. The molecule has 0 aliphatic rings. The average Bonchev–Trinajstić information content (AvgIpc) is 2.76. The fraction of sp³-hybridized carbons (Fsp3) is 0.154. The average molecular weight is 216 g/mol. The summed E-state index contributed by atoms with van der Waals surface area (Å²) in [7, 11) is 1.61. The number of ether oxygens (including phenoxy) is 1. The van der Waals surface area contributed by atoms with Crippen molar-refractivity contribution in [1.29, 1.82) is 0 Å². The number of carbonyl (C=O) groups is 1. The van der Waals surface area contributed by atoms with Crippen LogP contribution in [0.3, 0.4) is 0 Å². The van der Waals surface area contributed by atoms with Crippen LogP contribution < -0.4 is 4.74 Å². The van der Waals surface area contributed by atoms with Crippen molar-refractivity contribution >= 4 is 6.29 Å². The summed E-state index contributed by atoms with van der Waals surface area (Å²) in [5.41, 5.74) is 2.74. The Kier molecular flexibility index (Phi) is 2.77. The second-order valence-electron chi connectivity index (χ2n) is 3.52. The van der Waals surface area contributed by atoms with Gasteiger partial charge in [0.25, 0.3) is 0 Å². The fourth-order valence-corrected chi connectivity index (χ4v) is 1.67. The third-order valence-electron chi connectivity index (χ3n) is 2.45. The molecule has 2 aromatic rings. The Morgan fingerprint density at radius 3 is 2.75 bits per heavy atom. The third-order valence-corrected chi connectivity index (χ3v) is 2.45. The molecule has 0 aliphatic heterocycles. The lowest BCUT2D eigenvalue weighted by atomic mass is 10.0. The van der Waals surface area contributed by atoms with Crippen molar-refractivity contribution in [3.63, 3.8) is 0 Å². The number of methoxy groups -OCH3 is 1. The van der Waals surface area contributed by atoms with Gasteiger partial charge in [-0.25, -0.2) is 0 Å². The zero-order valence-corrected chi connectivity index (χ0v) is 9.19. The molecule has 0 spiro atoms. The highest BCUT2D eigenvalue weighted by Gasteiger charge is 2.12. The third kappa shape index (κ3) is 1.72. The largest absolute Gasteiger partial charge is 0.496 e. The van der Waals surface area contributed by atoms with Crippen molar-refractivity contribution in [2.24, 2.45) is 0 Å². The molecule has 0 unspecified atom stereocenters. The second-order valence-corrected chi connectivity index (χ2v) is 3.52. The summed E-state index contributed by atoms with van der Waals surface area (Å²) >= 11 is 0. The van der Waals surface area contributed by atoms with Gasteiger partial charge in [-0.05, 0) is 25.1 Å². The molecule has 1 heterocycles. The topological polar surface area (TPSA) is 39.4 Å². The summed E-state index contributed by atoms with van der Waals surface area (Å²) in [6.45, 7) is 1.99. The van der Waals surface area contributed by atoms with Gasteiger partial charge in [-0.1, -0.05) is 11.6 Å². The van der Waals surface area contributed by atoms with Crippen molar-refractivity contribution in [1.82, 2.24) is 0 Å². The minimum absolute atomic E-state index is 0.323. The predicted molar refractivity (Wildman–Crippen MR) is 60.8 cm³/mol. The smallest absolute Gasteiger partial charge is 0.185 e. The van der Waals surface area contributed by atoms with Crippen LogP contribution in [-0.2, 0) is 0 Å². The molecule has 0 amide bonds. The molecule has 0 aliphatic carbocycles. The van der Waals surface area contributed by atoms with E-state index in [1.807, 2.05) is 25.1 Å². The minimum Gasteiger partial charge on any atom is -0.496 e. The summed E-state index contributed by atoms with van der Waals surface area (Å²) in [6.07, 6.45) is 2.21. The van der Waals surface area contributed by atoms with Crippen LogP contribution in [0.1, 0.15) is 16.1 Å². The molecule has 16 heavy (non-hydrogen) atoms. The molecule has 0 N–H and O–H groups in total. The highest BCUT2D eigenvalue weighted by molar-refractivity contribution is 5.86. The van der Waals surface area contributed by atoms with Gasteiger partial charge in [0.05, 0.1) is 13.4 Å². The normalized spacial score (nSPS) is 10.1. The van der Waals surface area contributed by atoms with Crippen molar-refractivity contribution < 1.29 is 13.9 Å². The molecule has 1 aromatic heterocycles. The minimum atomic E-state index is 0.323. The SMILES string of the molecule is COc1ccc(C)cc1-c1ccoc1C=O. The summed E-state index contributed by atoms with van der Waals surface area (Å²) < 4.78 is 10.3. The van der Waals surface area contributed by atoms with Gasteiger partial charge in [0.1, 0.15) is 5.75 Å². The van der Waals surface area contributed by atoms with Crippen LogP contribution in [0.5, 0.6) is 5.75 Å². The molecule has 0 saturated heterocycles. The van der Waals surface area contributed by atoms with Gasteiger partial charge in [0, 0.05) is 11.1 Å². The van der Waals surface area contributed by atoms with Gasteiger partial charge >= 0.3 is 0 Å². The van der Waals surface area contributed by atoms with Gasteiger partial charge in [-0.3, -0.25) is 4.79 Å². The standard InChI is InChI=1S/C13H12O3/c1-9-3-4-12(15-2)11(7-9)10-5-6-16-13(10)8-14/h3-8H,1-2H3. The Labute approximate surface area is 93.7 Å². The molecule has 82 valence electrons. The van der Waals surface area contributed by atoms with E-state index in [-0.39, 0.29) is 0 Å². The molecule has 0 atom stereocenters. The van der Waals surface area contributed by atoms with Crippen LogP contribution in [0.15, 0.2) is 34.9 Å². The maximum Gasteiger partial charge on any atom is 0.185 e. The molecule has 0 radical (unpaired) electrons. The second kappa shape index (κ2) is 4.23. The number of hydrogen-bond donors (Lipinski definition) is 0. The molecular weight excluding hydrogens is 204 g/mol. The highest BCUT2D eigenvalue weighted by atomic mass is 16.5. The predicted octanol–water partition coefficient (Wildman–Crippen LogP) is 3.08. The Morgan fingerprint density at radius 1 is 1.25 bits per heavy atom. The summed E-state index contributed by atoms with van der Waals surface area (Å²) in [4.78, 5) is 10.8. The highest BCUT2D eigenvalue weighted by Crippen LogP contribution is 2.33. The molecule has 0 bridgehead atoms. The lowest BCUT2D eigenvalue weighted by molar-refractivity contribution is 0.110. The molecule has 1 aromatic carbocycles. The van der Waals surface area contributed by atoms with E-state index in [4.69, 9.17) is 9.15 Å². The number of aldehydes is 1. The van der Waals surface area contributed by atoms with Crippen LogP contribution in [-0.4, -0.2) is 13.4 Å². The van der Waals surface area contributed by atoms with Crippen molar-refractivity contribution in [2.45, 2.75) is 6.92 Å². The monoisotopic (exact) mass is 216 g/mol. The van der Waals surface area contributed by atoms with Gasteiger partial charge in [0.2, 0.25) is 0 Å². The summed E-state index contributed by atoms with van der Waals surface area (Å²) in [5, 5.41) is 0. The Bertz CT molecular complexity index is 512. The number of benzene rings is 1. The number of furan rings is 1. The summed E-state index contributed by atoms with van der Waals surface area (Å²) in [5.74, 6) is 1.05.